The summed E-state index contributed by atoms with van der Waals surface area (Å²) in [5.74, 6) is -0.231. The highest BCUT2D eigenvalue weighted by molar-refractivity contribution is 9.10. The van der Waals surface area contributed by atoms with Crippen molar-refractivity contribution in [1.29, 1.82) is 0 Å². The van der Waals surface area contributed by atoms with Crippen LogP contribution in [-0.2, 0) is 22.3 Å². The second-order valence-corrected chi connectivity index (χ2v) is 5.21. The predicted molar refractivity (Wildman–Crippen MR) is 73.8 cm³/mol. The minimum Gasteiger partial charge on any atom is -0.385 e. The number of amides is 1. The van der Waals surface area contributed by atoms with Gasteiger partial charge in [0.1, 0.15) is 0 Å². The minimum absolute atomic E-state index is 0.0687. The van der Waals surface area contributed by atoms with E-state index in [1.165, 1.54) is 11.6 Å². The zero-order chi connectivity index (χ0) is 16.0. The van der Waals surface area contributed by atoms with Crippen molar-refractivity contribution < 1.29 is 22.7 Å². The molecule has 120 valence electrons. The number of hydrogen-bond acceptors (Lipinski definition) is 3. The number of hydrogen-bond donors (Lipinski definition) is 1. The smallest absolute Gasteiger partial charge is 0.385 e. The highest BCUT2D eigenvalue weighted by Gasteiger charge is 2.37. The highest BCUT2D eigenvalue weighted by atomic mass is 79.9. The monoisotopic (exact) mass is 371 g/mol. The summed E-state index contributed by atoms with van der Waals surface area (Å²) < 4.78 is 44.0. The molecule has 5 nitrogen and oxygen atoms in total. The first-order valence-corrected chi connectivity index (χ1v) is 7.12. The summed E-state index contributed by atoms with van der Waals surface area (Å²) in [5, 5.41) is 6.17. The maximum atomic E-state index is 12.7. The fraction of sp³-hybridized carbons (Fsp3) is 0.667. The number of nitrogens with one attached hydrogen (secondary N) is 1. The van der Waals surface area contributed by atoms with Gasteiger partial charge in [-0.25, -0.2) is 0 Å². The van der Waals surface area contributed by atoms with Crippen molar-refractivity contribution in [3.63, 3.8) is 0 Å². The van der Waals surface area contributed by atoms with Crippen LogP contribution in [0.2, 0.25) is 0 Å². The van der Waals surface area contributed by atoms with Crippen LogP contribution in [0.25, 0.3) is 0 Å². The van der Waals surface area contributed by atoms with Crippen LogP contribution in [0.3, 0.4) is 0 Å². The van der Waals surface area contributed by atoms with Crippen molar-refractivity contribution in [2.45, 2.75) is 32.5 Å². The largest absolute Gasteiger partial charge is 0.436 e. The summed E-state index contributed by atoms with van der Waals surface area (Å²) in [4.78, 5) is 11.6. The van der Waals surface area contributed by atoms with Crippen molar-refractivity contribution in [2.75, 3.05) is 20.3 Å². The van der Waals surface area contributed by atoms with Crippen LogP contribution in [0.4, 0.5) is 13.2 Å². The Bertz CT molecular complexity index is 489. The molecule has 1 amide bonds. The Balaban J connectivity index is 2.54. The second kappa shape index (κ2) is 7.79. The lowest BCUT2D eigenvalue weighted by Gasteiger charge is -2.06. The second-order valence-electron chi connectivity index (χ2n) is 4.42. The van der Waals surface area contributed by atoms with Gasteiger partial charge >= 0.3 is 6.18 Å². The van der Waals surface area contributed by atoms with Crippen LogP contribution in [0.1, 0.15) is 24.2 Å². The molecule has 0 spiro atoms. The van der Waals surface area contributed by atoms with Crippen molar-refractivity contribution in [3.05, 3.63) is 15.9 Å². The van der Waals surface area contributed by atoms with Gasteiger partial charge in [0, 0.05) is 26.7 Å². The van der Waals surface area contributed by atoms with E-state index in [0.717, 1.165) is 0 Å². The summed E-state index contributed by atoms with van der Waals surface area (Å²) in [6, 6.07) is 0. The number of carbonyl (C=O) groups excluding carboxylic acids is 1. The van der Waals surface area contributed by atoms with E-state index in [-0.39, 0.29) is 23.3 Å². The minimum atomic E-state index is -4.52. The van der Waals surface area contributed by atoms with Crippen molar-refractivity contribution in [2.24, 2.45) is 0 Å². The molecule has 0 unspecified atom stereocenters. The number of aryl methyl sites for hydroxylation is 1. The third-order valence-electron chi connectivity index (χ3n) is 2.80. The van der Waals surface area contributed by atoms with Gasteiger partial charge in [-0.05, 0) is 29.3 Å². The molecule has 0 radical (unpaired) electrons. The normalized spacial score (nSPS) is 11.7. The molecule has 0 fully saturated rings. The van der Waals surface area contributed by atoms with Crippen LogP contribution in [-0.4, -0.2) is 35.9 Å². The topological polar surface area (TPSA) is 56.1 Å². The van der Waals surface area contributed by atoms with Gasteiger partial charge in [0.15, 0.2) is 5.69 Å². The van der Waals surface area contributed by atoms with E-state index in [2.05, 4.69) is 26.3 Å². The van der Waals surface area contributed by atoms with Gasteiger partial charge in [0.25, 0.3) is 0 Å². The molecular weight excluding hydrogens is 355 g/mol. The van der Waals surface area contributed by atoms with E-state index < -0.39 is 11.9 Å². The third kappa shape index (κ3) is 5.31. The molecule has 0 aromatic carbocycles. The maximum Gasteiger partial charge on any atom is 0.436 e. The van der Waals surface area contributed by atoms with Crippen LogP contribution in [0.15, 0.2) is 4.47 Å². The average molecular weight is 372 g/mol. The third-order valence-corrected chi connectivity index (χ3v) is 3.75. The van der Waals surface area contributed by atoms with Gasteiger partial charge in [0.2, 0.25) is 5.91 Å². The maximum absolute atomic E-state index is 12.7. The zero-order valence-corrected chi connectivity index (χ0v) is 13.3. The number of rotatable bonds is 7. The SMILES string of the molecule is COCCCNC(=O)CCn1nc(C(F)(F)F)c(Br)c1C. The van der Waals surface area contributed by atoms with Gasteiger partial charge in [-0.15, -0.1) is 0 Å². The summed E-state index contributed by atoms with van der Waals surface area (Å²) >= 11 is 2.89. The zero-order valence-electron chi connectivity index (χ0n) is 11.8. The molecule has 0 aliphatic heterocycles. The Kier molecular flexibility index (Phi) is 6.66. The summed E-state index contributed by atoms with van der Waals surface area (Å²) in [5.41, 5.74) is -0.630. The van der Waals surface area contributed by atoms with Gasteiger partial charge in [0.05, 0.1) is 16.7 Å². The highest BCUT2D eigenvalue weighted by Crippen LogP contribution is 2.35. The first-order valence-electron chi connectivity index (χ1n) is 6.33. The Morgan fingerprint density at radius 2 is 2.14 bits per heavy atom. The van der Waals surface area contributed by atoms with E-state index in [1.54, 1.807) is 7.11 Å². The summed E-state index contributed by atoms with van der Waals surface area (Å²) in [6.07, 6.45) is -3.76. The first-order chi connectivity index (χ1) is 9.77. The Morgan fingerprint density at radius 3 is 2.67 bits per heavy atom. The Hall–Kier alpha value is -1.09. The van der Waals surface area contributed by atoms with Crippen molar-refractivity contribution >= 4 is 21.8 Å². The summed E-state index contributed by atoms with van der Waals surface area (Å²) in [6.45, 7) is 2.63. The van der Waals surface area contributed by atoms with Gasteiger partial charge < -0.3 is 10.1 Å². The molecule has 0 bridgehead atoms. The van der Waals surface area contributed by atoms with E-state index in [1.807, 2.05) is 0 Å². The number of nitrogens with zero attached hydrogens (tertiary/aromatic N) is 2. The van der Waals surface area contributed by atoms with Gasteiger partial charge in [-0.2, -0.15) is 18.3 Å². The molecule has 9 heteroatoms. The number of aromatic nitrogens is 2. The van der Waals surface area contributed by atoms with Crippen molar-refractivity contribution in [3.8, 4) is 0 Å². The Morgan fingerprint density at radius 1 is 1.48 bits per heavy atom. The number of halogens is 4. The van der Waals surface area contributed by atoms with E-state index >= 15 is 0 Å². The molecule has 0 saturated heterocycles. The Labute approximate surface area is 129 Å². The molecule has 1 aromatic heterocycles. The number of carbonyl (C=O) groups is 1. The molecular formula is C12H17BrF3N3O2. The number of alkyl halides is 3. The fourth-order valence-corrected chi connectivity index (χ4v) is 2.17. The number of methoxy groups -OCH3 is 1. The number of ether oxygens (including phenoxy) is 1. The molecule has 0 saturated carbocycles. The summed E-state index contributed by atoms with van der Waals surface area (Å²) in [7, 11) is 1.57. The molecule has 1 rings (SSSR count). The van der Waals surface area contributed by atoms with E-state index in [0.29, 0.717) is 25.3 Å². The first kappa shape index (κ1) is 18.0. The van der Waals surface area contributed by atoms with Crippen LogP contribution in [0, 0.1) is 6.92 Å². The molecule has 0 aliphatic carbocycles. The van der Waals surface area contributed by atoms with E-state index in [4.69, 9.17) is 4.74 Å². The quantitative estimate of drug-likeness (QED) is 0.749. The van der Waals surface area contributed by atoms with Crippen LogP contribution < -0.4 is 5.32 Å². The molecule has 1 N–H and O–H groups in total. The van der Waals surface area contributed by atoms with Crippen molar-refractivity contribution in [1.82, 2.24) is 15.1 Å². The van der Waals surface area contributed by atoms with E-state index in [9.17, 15) is 18.0 Å². The molecule has 0 atom stereocenters. The fourth-order valence-electron chi connectivity index (χ4n) is 1.66. The lowest BCUT2D eigenvalue weighted by molar-refractivity contribution is -0.142. The van der Waals surface area contributed by atoms with Crippen LogP contribution in [0.5, 0.6) is 0 Å². The molecule has 1 aromatic rings. The predicted octanol–water partition coefficient (Wildman–Crippen LogP) is 2.52. The molecule has 21 heavy (non-hydrogen) atoms. The van der Waals surface area contributed by atoms with Gasteiger partial charge in [-0.3, -0.25) is 9.48 Å². The lowest BCUT2D eigenvalue weighted by atomic mass is 10.3. The molecule has 1 heterocycles. The average Bonchev–Trinajstić information content (AvgIpc) is 2.69. The lowest BCUT2D eigenvalue weighted by Crippen LogP contribution is -2.26. The van der Waals surface area contributed by atoms with Gasteiger partial charge in [-0.1, -0.05) is 0 Å². The van der Waals surface area contributed by atoms with Crippen LogP contribution >= 0.6 is 15.9 Å². The standard InChI is InChI=1S/C12H17BrF3N3O2/c1-8-10(13)11(12(14,15)16)18-19(8)6-4-9(20)17-5-3-7-21-2/h3-7H2,1-2H3,(H,17,20). The molecule has 0 aliphatic rings.